The summed E-state index contributed by atoms with van der Waals surface area (Å²) in [6, 6.07) is 8.01. The third kappa shape index (κ3) is 8.58. The van der Waals surface area contributed by atoms with E-state index in [1.54, 1.807) is 0 Å². The van der Waals surface area contributed by atoms with Gasteiger partial charge in [0.2, 0.25) is 0 Å². The number of benzene rings is 6. The highest BCUT2D eigenvalue weighted by molar-refractivity contribution is 5.99. The maximum atomic E-state index is 15.3. The van der Waals surface area contributed by atoms with Crippen LogP contribution in [-0.4, -0.2) is 31.8 Å². The quantitative estimate of drug-likeness (QED) is 0.0691. The van der Waals surface area contributed by atoms with E-state index >= 15 is 35.1 Å². The summed E-state index contributed by atoms with van der Waals surface area (Å²) in [7, 11) is 2.36. The normalized spacial score (nSPS) is 12.9. The first-order valence-corrected chi connectivity index (χ1v) is 19.9. The van der Waals surface area contributed by atoms with Crippen molar-refractivity contribution in [2.24, 2.45) is 0 Å². The number of quaternary nitrogens is 1. The van der Waals surface area contributed by atoms with Gasteiger partial charge < -0.3 is 30.9 Å². The number of rotatable bonds is 12. The van der Waals surface area contributed by atoms with Crippen LogP contribution in [0.5, 0.6) is 11.5 Å². The molecule has 1 heterocycles. The molecule has 3 nitrogen and oxygen atoms in total. The van der Waals surface area contributed by atoms with E-state index in [1.807, 2.05) is 13.8 Å². The molecule has 16 heteroatoms. The molecular weight excluding hydrogens is 930 g/mol. The Morgan fingerprint density at radius 2 is 0.656 bits per heavy atom. The number of unbranched alkanes of at least 4 members (excludes halogenated alkanes) is 2. The van der Waals surface area contributed by atoms with Gasteiger partial charge in [-0.1, -0.05) is 26.7 Å². The number of ether oxygens (including phenoxy) is 2. The molecular formula is C48H38BrF12NO2. The van der Waals surface area contributed by atoms with Crippen molar-refractivity contribution >= 4 is 0 Å². The molecule has 1 aliphatic rings. The van der Waals surface area contributed by atoms with Crippen LogP contribution in [0.25, 0.3) is 55.6 Å². The van der Waals surface area contributed by atoms with Crippen molar-refractivity contribution < 1.29 is 83.6 Å². The third-order valence-electron chi connectivity index (χ3n) is 11.6. The van der Waals surface area contributed by atoms with E-state index in [4.69, 9.17) is 9.47 Å². The van der Waals surface area contributed by atoms with Crippen LogP contribution in [0.4, 0.5) is 52.7 Å². The molecule has 0 aliphatic carbocycles. The first-order valence-electron chi connectivity index (χ1n) is 19.9. The Bertz CT molecular complexity index is 2520. The van der Waals surface area contributed by atoms with Crippen LogP contribution in [0.15, 0.2) is 60.7 Å². The lowest BCUT2D eigenvalue weighted by molar-refractivity contribution is -0.953. The lowest BCUT2D eigenvalue weighted by Crippen LogP contribution is -3.00. The van der Waals surface area contributed by atoms with Crippen LogP contribution in [0.2, 0.25) is 0 Å². The van der Waals surface area contributed by atoms with Crippen LogP contribution in [0.3, 0.4) is 0 Å². The Morgan fingerprint density at radius 3 is 0.891 bits per heavy atom. The predicted molar refractivity (Wildman–Crippen MR) is 213 cm³/mol. The van der Waals surface area contributed by atoms with Gasteiger partial charge >= 0.3 is 0 Å². The molecule has 1 aliphatic heterocycles. The summed E-state index contributed by atoms with van der Waals surface area (Å²) in [5.41, 5.74) is -1.26. The predicted octanol–water partition coefficient (Wildman–Crippen LogP) is 11.1. The van der Waals surface area contributed by atoms with Crippen molar-refractivity contribution in [1.82, 2.24) is 0 Å². The largest absolute Gasteiger partial charge is 1.00 e. The van der Waals surface area contributed by atoms with E-state index in [0.717, 1.165) is 0 Å². The Morgan fingerprint density at radius 1 is 0.406 bits per heavy atom. The van der Waals surface area contributed by atoms with Gasteiger partial charge in [-0.3, -0.25) is 0 Å². The zero-order valence-electron chi connectivity index (χ0n) is 34.6. The lowest BCUT2D eigenvalue weighted by atomic mass is 9.82. The van der Waals surface area contributed by atoms with Gasteiger partial charge in [0.25, 0.3) is 0 Å². The monoisotopic (exact) mass is 967 g/mol. The molecule has 7 rings (SSSR count). The summed E-state index contributed by atoms with van der Waals surface area (Å²) in [5.74, 6) is -20.5. The molecule has 0 unspecified atom stereocenters. The van der Waals surface area contributed by atoms with Crippen molar-refractivity contribution in [1.29, 1.82) is 0 Å². The molecule has 0 aromatic heterocycles. The molecule has 338 valence electrons. The maximum absolute atomic E-state index is 15.3. The van der Waals surface area contributed by atoms with Gasteiger partial charge in [-0.05, 0) is 107 Å². The molecule has 0 fully saturated rings. The molecule has 6 aromatic rings. The number of fused-ring (bicyclic) bond motifs is 3. The Hall–Kier alpha value is -5.48. The smallest absolute Gasteiger partial charge is 0.194 e. The summed E-state index contributed by atoms with van der Waals surface area (Å²) in [6.07, 6.45) is 2.52. The van der Waals surface area contributed by atoms with Crippen LogP contribution in [0.1, 0.15) is 50.7 Å². The molecule has 0 amide bonds. The van der Waals surface area contributed by atoms with Gasteiger partial charge in [-0.25, -0.2) is 52.7 Å². The van der Waals surface area contributed by atoms with Crippen molar-refractivity contribution in [3.8, 4) is 67.1 Å². The fraction of sp³-hybridized carbons (Fsp3) is 0.250. The van der Waals surface area contributed by atoms with Crippen LogP contribution in [0, 0.1) is 69.8 Å². The summed E-state index contributed by atoms with van der Waals surface area (Å²) in [5, 5.41) is 0. The number of halogens is 13. The summed E-state index contributed by atoms with van der Waals surface area (Å²) >= 11 is 0. The minimum atomic E-state index is -1.82. The summed E-state index contributed by atoms with van der Waals surface area (Å²) in [6.45, 7) is 4.65. The zero-order chi connectivity index (χ0) is 45.7. The van der Waals surface area contributed by atoms with Gasteiger partial charge in [-0.2, -0.15) is 0 Å². The van der Waals surface area contributed by atoms with E-state index < -0.39 is 69.8 Å². The molecule has 0 saturated carbocycles. The molecule has 0 atom stereocenters. The summed E-state index contributed by atoms with van der Waals surface area (Å²) < 4.78 is 192. The molecule has 6 aromatic carbocycles. The van der Waals surface area contributed by atoms with E-state index in [9.17, 15) is 17.6 Å². The SMILES string of the molecule is CCCC[N+]1(CCCC)Cc2c(-c3cc(F)c(F)c(F)c3)cc(-c3cc(F)c(F)c(F)c3)c(OC)c2-c2c(c(-c3cc(F)c(F)c(F)c3)cc(-c3cc(F)c(F)c(F)c3)c2OC)C1.[Br-]. The average Bonchev–Trinajstić information content (AvgIpc) is 3.40. The highest BCUT2D eigenvalue weighted by Gasteiger charge is 2.41. The molecule has 0 saturated heterocycles. The minimum absolute atomic E-state index is 0. The van der Waals surface area contributed by atoms with Crippen molar-refractivity contribution in [2.45, 2.75) is 52.6 Å². The van der Waals surface area contributed by atoms with Gasteiger partial charge in [0, 0.05) is 33.4 Å². The lowest BCUT2D eigenvalue weighted by Gasteiger charge is -2.39. The highest BCUT2D eigenvalue weighted by Crippen LogP contribution is 2.56. The fourth-order valence-electron chi connectivity index (χ4n) is 8.62. The van der Waals surface area contributed by atoms with Gasteiger partial charge in [0.1, 0.15) is 24.6 Å². The molecule has 0 radical (unpaired) electrons. The van der Waals surface area contributed by atoms with Crippen molar-refractivity contribution in [2.75, 3.05) is 27.3 Å². The van der Waals surface area contributed by atoms with Gasteiger partial charge in [0.05, 0.1) is 27.3 Å². The maximum Gasteiger partial charge on any atom is 0.194 e. The van der Waals surface area contributed by atoms with Gasteiger partial charge in [0.15, 0.2) is 69.8 Å². The fourth-order valence-corrected chi connectivity index (χ4v) is 8.62. The third-order valence-corrected chi connectivity index (χ3v) is 11.6. The second kappa shape index (κ2) is 18.9. The van der Waals surface area contributed by atoms with Crippen LogP contribution >= 0.6 is 0 Å². The van der Waals surface area contributed by atoms with Crippen molar-refractivity contribution in [3.63, 3.8) is 0 Å². The molecule has 64 heavy (non-hydrogen) atoms. The Balaban J connectivity index is 0.00000680. The minimum Gasteiger partial charge on any atom is -1.00 e. The Labute approximate surface area is 371 Å². The van der Waals surface area contributed by atoms with E-state index in [0.29, 0.717) is 87.3 Å². The number of hydrogen-bond acceptors (Lipinski definition) is 2. The standard InChI is InChI=1S/C48H38F12NO2.BrH/c1-5-7-9-61(10-8-6-2)21-31-27(23-11-33(49)43(57)34(50)12-23)19-29(25-15-37(53)45(59)38(54)16-25)47(62-3)41(31)42-32(22-61)28(24-13-35(51)44(58)36(52)14-24)20-30(48(42)63-4)26-17-39(55)46(60)40(56)18-26;/h11-20H,5-10,21-22H2,1-4H3;1H/q+1;/p-1. The second-order valence-corrected chi connectivity index (χ2v) is 15.5. The number of hydrogen-bond donors (Lipinski definition) is 0. The Kier molecular flexibility index (Phi) is 14.2. The van der Waals surface area contributed by atoms with Gasteiger partial charge in [-0.15, -0.1) is 0 Å². The number of nitrogens with zero attached hydrogens (tertiary/aromatic N) is 1. The molecule has 0 spiro atoms. The molecule has 0 bridgehead atoms. The van der Waals surface area contributed by atoms with Crippen LogP contribution in [-0.2, 0) is 13.1 Å². The average molecular weight is 969 g/mol. The summed E-state index contributed by atoms with van der Waals surface area (Å²) in [4.78, 5) is 0. The first kappa shape index (κ1) is 48.0. The highest BCUT2D eigenvalue weighted by atomic mass is 79.9. The van der Waals surface area contributed by atoms with Crippen molar-refractivity contribution in [3.05, 3.63) is 142 Å². The molecule has 0 N–H and O–H groups in total. The number of methoxy groups -OCH3 is 2. The van der Waals surface area contributed by atoms with E-state index in [-0.39, 0.29) is 113 Å². The first-order chi connectivity index (χ1) is 30.0. The topological polar surface area (TPSA) is 18.5 Å². The van der Waals surface area contributed by atoms with Crippen LogP contribution < -0.4 is 26.5 Å². The van der Waals surface area contributed by atoms with E-state index in [1.165, 1.54) is 26.4 Å². The van der Waals surface area contributed by atoms with E-state index in [2.05, 4.69) is 0 Å². The second-order valence-electron chi connectivity index (χ2n) is 15.5. The zero-order valence-corrected chi connectivity index (χ0v) is 36.2.